The minimum Gasteiger partial charge on any atom is -0.497 e. The molecule has 7 rings (SSSR count). The molecule has 0 aliphatic carbocycles. The zero-order chi connectivity index (χ0) is 38.3. The average molecular weight is 755 g/mol. The van der Waals surface area contributed by atoms with Crippen LogP contribution in [-0.2, 0) is 19.5 Å². The number of ether oxygens (including phenoxy) is 3. The van der Waals surface area contributed by atoms with E-state index in [1.165, 1.54) is 12.7 Å². The summed E-state index contributed by atoms with van der Waals surface area (Å²) in [7, 11) is -0.496. The molecule has 0 bridgehead atoms. The van der Waals surface area contributed by atoms with Gasteiger partial charge in [0.2, 0.25) is 5.91 Å². The van der Waals surface area contributed by atoms with Crippen LogP contribution in [0, 0.1) is 5.92 Å². The van der Waals surface area contributed by atoms with Crippen LogP contribution in [0.5, 0.6) is 11.5 Å². The lowest BCUT2D eigenvalue weighted by Crippen LogP contribution is -2.56. The maximum atomic E-state index is 15.3. The van der Waals surface area contributed by atoms with E-state index in [1.54, 1.807) is 39.3 Å². The Hall–Kier alpha value is -4.65. The summed E-state index contributed by atoms with van der Waals surface area (Å²) in [5.41, 5.74) is 1.42. The average Bonchev–Trinajstić information content (AvgIpc) is 3.97. The van der Waals surface area contributed by atoms with Crippen LogP contribution in [0.15, 0.2) is 91.5 Å². The number of nitrogens with zero attached hydrogens (tertiary/aromatic N) is 5. The fraction of sp³-hybridized carbons (Fsp3) is 0.400. The maximum absolute atomic E-state index is 15.3. The summed E-state index contributed by atoms with van der Waals surface area (Å²) in [6, 6.07) is 24.5. The summed E-state index contributed by atoms with van der Waals surface area (Å²) in [6.07, 6.45) is 0.499. The lowest BCUT2D eigenvalue weighted by molar-refractivity contribution is -0.118. The molecule has 5 aromatic rings. The van der Waals surface area contributed by atoms with Gasteiger partial charge in [-0.2, -0.15) is 0 Å². The van der Waals surface area contributed by atoms with E-state index in [9.17, 15) is 15.0 Å². The van der Waals surface area contributed by atoms with Crippen LogP contribution in [0.2, 0.25) is 0 Å². The molecule has 14 heteroatoms. The van der Waals surface area contributed by atoms with Crippen LogP contribution < -0.4 is 14.8 Å². The normalized spacial score (nSPS) is 22.3. The number of anilines is 1. The second-order valence-electron chi connectivity index (χ2n) is 14.4. The standard InChI is InChI=1S/C40H47N6O7P/c1-26(2)38(48)44-36-33-37(42-24-41-36)46(25-43-33)32-23-39(49,54(5,50)45-21-9-10-22-45)35(53-32)34(47)40(27-11-7-6-8-12-27,28-13-17-30(51-3)18-14-28)29-15-19-31(52-4)20-16-29/h6-8,11-20,24-26,32,34-35,47,49H,9-10,21-23H2,1-5H3,(H,41,42,44,48)/t32-,34?,35-,39-,54?/m1/s1. The highest BCUT2D eigenvalue weighted by molar-refractivity contribution is 7.62. The number of hydrogen-bond donors (Lipinski definition) is 3. The Kier molecular flexibility index (Phi) is 10.4. The SMILES string of the molecule is COc1ccc(C(c2ccccc2)(c2ccc(OC)cc2)C(O)[C@H]2O[C@@H](n3cnc4c(NC(=O)C(C)C)ncnc43)C[C@@]2(O)P(C)(=O)N2CCCC2)cc1. The highest BCUT2D eigenvalue weighted by Crippen LogP contribution is 2.66. The summed E-state index contributed by atoms with van der Waals surface area (Å²) in [5.74, 6) is 0.971. The van der Waals surface area contributed by atoms with E-state index in [0.29, 0.717) is 46.9 Å². The zero-order valence-corrected chi connectivity index (χ0v) is 32.0. The van der Waals surface area contributed by atoms with Crippen molar-refractivity contribution in [2.45, 2.75) is 62.3 Å². The van der Waals surface area contributed by atoms with Gasteiger partial charge < -0.3 is 34.3 Å². The lowest BCUT2D eigenvalue weighted by atomic mass is 9.64. The molecule has 1 amide bonds. The first kappa shape index (κ1) is 37.7. The fourth-order valence-corrected chi connectivity index (χ4v) is 10.7. The van der Waals surface area contributed by atoms with Crippen molar-refractivity contribution in [3.8, 4) is 11.5 Å². The number of rotatable bonds is 12. The summed E-state index contributed by atoms with van der Waals surface area (Å²) in [4.78, 5) is 25.9. The quantitative estimate of drug-likeness (QED) is 0.104. The molecule has 2 aromatic heterocycles. The van der Waals surface area contributed by atoms with Gasteiger partial charge in [0.05, 0.1) is 26.0 Å². The molecule has 2 fully saturated rings. The van der Waals surface area contributed by atoms with Gasteiger partial charge in [-0.15, -0.1) is 0 Å². The van der Waals surface area contributed by atoms with E-state index >= 15 is 4.57 Å². The van der Waals surface area contributed by atoms with E-state index in [2.05, 4.69) is 20.3 Å². The smallest absolute Gasteiger partial charge is 0.228 e. The highest BCUT2D eigenvalue weighted by atomic mass is 31.2. The largest absolute Gasteiger partial charge is 0.497 e. The van der Waals surface area contributed by atoms with Gasteiger partial charge in [-0.05, 0) is 53.8 Å². The van der Waals surface area contributed by atoms with Crippen molar-refractivity contribution in [3.63, 3.8) is 0 Å². The third-order valence-electron chi connectivity index (χ3n) is 11.1. The molecule has 2 unspecified atom stereocenters. The summed E-state index contributed by atoms with van der Waals surface area (Å²) in [6.45, 7) is 6.25. The minimum atomic E-state index is -3.68. The Morgan fingerprint density at radius 3 is 2.06 bits per heavy atom. The predicted octanol–water partition coefficient (Wildman–Crippen LogP) is 5.81. The van der Waals surface area contributed by atoms with Crippen LogP contribution in [0.25, 0.3) is 11.2 Å². The monoisotopic (exact) mass is 754 g/mol. The van der Waals surface area contributed by atoms with Gasteiger partial charge in [0, 0.05) is 32.1 Å². The Balaban J connectivity index is 1.43. The van der Waals surface area contributed by atoms with Gasteiger partial charge in [-0.3, -0.25) is 14.0 Å². The molecule has 284 valence electrons. The predicted molar refractivity (Wildman–Crippen MR) is 205 cm³/mol. The maximum Gasteiger partial charge on any atom is 0.228 e. The molecule has 2 aliphatic rings. The molecule has 3 aromatic carbocycles. The number of fused-ring (bicyclic) bond motifs is 1. The molecule has 0 spiro atoms. The number of methoxy groups -OCH3 is 2. The number of amides is 1. The minimum absolute atomic E-state index is 0.141. The van der Waals surface area contributed by atoms with E-state index in [-0.39, 0.29) is 24.1 Å². The Morgan fingerprint density at radius 2 is 1.50 bits per heavy atom. The number of aliphatic hydroxyl groups is 2. The van der Waals surface area contributed by atoms with Crippen molar-refractivity contribution < 1.29 is 33.8 Å². The Labute approximate surface area is 314 Å². The second kappa shape index (κ2) is 14.9. The molecular weight excluding hydrogens is 707 g/mol. The molecule has 0 radical (unpaired) electrons. The number of aliphatic hydroxyl groups excluding tert-OH is 1. The summed E-state index contributed by atoms with van der Waals surface area (Å²) < 4.78 is 36.8. The van der Waals surface area contributed by atoms with E-state index in [1.807, 2.05) is 83.5 Å². The van der Waals surface area contributed by atoms with Gasteiger partial charge in [0.15, 0.2) is 29.6 Å². The molecule has 13 nitrogen and oxygen atoms in total. The van der Waals surface area contributed by atoms with E-state index < -0.39 is 36.5 Å². The third-order valence-corrected chi connectivity index (χ3v) is 14.4. The highest BCUT2D eigenvalue weighted by Gasteiger charge is 2.65. The van der Waals surface area contributed by atoms with Crippen molar-refractivity contribution in [2.75, 3.05) is 39.3 Å². The van der Waals surface area contributed by atoms with Gasteiger partial charge in [0.1, 0.15) is 36.3 Å². The van der Waals surface area contributed by atoms with Crippen LogP contribution in [-0.4, -0.2) is 91.8 Å². The van der Waals surface area contributed by atoms with Crippen molar-refractivity contribution in [2.24, 2.45) is 5.92 Å². The van der Waals surface area contributed by atoms with Crippen LogP contribution in [0.1, 0.15) is 56.0 Å². The van der Waals surface area contributed by atoms with Crippen molar-refractivity contribution in [1.82, 2.24) is 24.2 Å². The van der Waals surface area contributed by atoms with Gasteiger partial charge >= 0.3 is 0 Å². The number of imidazole rings is 1. The van der Waals surface area contributed by atoms with Crippen LogP contribution >= 0.6 is 7.29 Å². The number of carbonyl (C=O) groups is 1. The van der Waals surface area contributed by atoms with Crippen molar-refractivity contribution >= 4 is 30.2 Å². The molecular formula is C40H47N6O7P. The zero-order valence-electron chi connectivity index (χ0n) is 31.1. The fourth-order valence-electron chi connectivity index (χ4n) is 7.99. The third kappa shape index (κ3) is 6.27. The number of carbonyl (C=O) groups excluding carboxylic acids is 1. The summed E-state index contributed by atoms with van der Waals surface area (Å²) in [5, 5.41) is 27.3. The van der Waals surface area contributed by atoms with Gasteiger partial charge in [-0.25, -0.2) is 15.0 Å². The first-order valence-electron chi connectivity index (χ1n) is 18.2. The first-order valence-corrected chi connectivity index (χ1v) is 20.3. The van der Waals surface area contributed by atoms with Gasteiger partial charge in [-0.1, -0.05) is 68.4 Å². The molecule has 0 saturated carbocycles. The number of benzene rings is 3. The first-order chi connectivity index (χ1) is 25.9. The van der Waals surface area contributed by atoms with Crippen LogP contribution in [0.3, 0.4) is 0 Å². The molecule has 4 heterocycles. The van der Waals surface area contributed by atoms with E-state index in [0.717, 1.165) is 18.4 Å². The van der Waals surface area contributed by atoms with Crippen molar-refractivity contribution in [3.05, 3.63) is 108 Å². The number of nitrogens with one attached hydrogen (secondary N) is 1. The van der Waals surface area contributed by atoms with Crippen molar-refractivity contribution in [1.29, 1.82) is 0 Å². The molecule has 2 aliphatic heterocycles. The second-order valence-corrected chi connectivity index (χ2v) is 17.5. The number of aromatic nitrogens is 4. The molecule has 5 atom stereocenters. The van der Waals surface area contributed by atoms with Gasteiger partial charge in [0.25, 0.3) is 0 Å². The Bertz CT molecular complexity index is 2090. The summed E-state index contributed by atoms with van der Waals surface area (Å²) >= 11 is 0. The Morgan fingerprint density at radius 1 is 0.926 bits per heavy atom. The topological polar surface area (TPSA) is 161 Å². The van der Waals surface area contributed by atoms with E-state index in [4.69, 9.17) is 14.2 Å². The molecule has 54 heavy (non-hydrogen) atoms. The molecule has 3 N–H and O–H groups in total. The van der Waals surface area contributed by atoms with Crippen LogP contribution in [0.4, 0.5) is 5.82 Å². The molecule has 2 saturated heterocycles. The lowest BCUT2D eigenvalue weighted by Gasteiger charge is -2.47. The number of hydrogen-bond acceptors (Lipinski definition) is 10.